The van der Waals surface area contributed by atoms with Gasteiger partial charge in [-0.15, -0.1) is 0 Å². The van der Waals surface area contributed by atoms with Crippen molar-refractivity contribution in [3.8, 4) is 0 Å². The van der Waals surface area contributed by atoms with Crippen LogP contribution in [0.4, 0.5) is 5.69 Å². The number of hydrogen-bond acceptors (Lipinski definition) is 4. The van der Waals surface area contributed by atoms with Crippen molar-refractivity contribution >= 4 is 17.6 Å². The standard InChI is InChI=1S/C14H18N2O3/c1-9(12(17)19-2)16-13(18)14(7-8-14)10-3-5-11(15)6-4-10/h3-6,9H,7-8,15H2,1-2H3,(H,16,18). The molecule has 1 aliphatic rings. The first-order chi connectivity index (χ1) is 8.99. The van der Waals surface area contributed by atoms with E-state index in [-0.39, 0.29) is 5.91 Å². The number of rotatable bonds is 4. The van der Waals surface area contributed by atoms with Gasteiger partial charge in [0.2, 0.25) is 5.91 Å². The zero-order valence-electron chi connectivity index (χ0n) is 11.1. The molecule has 1 aromatic carbocycles. The Morgan fingerprint density at radius 3 is 2.37 bits per heavy atom. The molecule has 1 fully saturated rings. The summed E-state index contributed by atoms with van der Waals surface area (Å²) in [5, 5.41) is 2.70. The lowest BCUT2D eigenvalue weighted by atomic mass is 9.94. The highest BCUT2D eigenvalue weighted by Crippen LogP contribution is 2.48. The third kappa shape index (κ3) is 2.54. The number of hydrogen-bond donors (Lipinski definition) is 2. The predicted octanol–water partition coefficient (Wildman–Crippen LogP) is 0.978. The molecule has 0 aliphatic heterocycles. The summed E-state index contributed by atoms with van der Waals surface area (Å²) in [5.74, 6) is -0.573. The van der Waals surface area contributed by atoms with Crippen molar-refractivity contribution in [1.29, 1.82) is 0 Å². The van der Waals surface area contributed by atoms with E-state index in [4.69, 9.17) is 5.73 Å². The Morgan fingerprint density at radius 1 is 1.32 bits per heavy atom. The average Bonchev–Trinajstić information content (AvgIpc) is 3.20. The van der Waals surface area contributed by atoms with Gasteiger partial charge in [-0.25, -0.2) is 4.79 Å². The van der Waals surface area contributed by atoms with Crippen molar-refractivity contribution in [2.75, 3.05) is 12.8 Å². The number of esters is 1. The first kappa shape index (κ1) is 13.4. The Kier molecular flexibility index (Phi) is 3.46. The number of nitrogens with two attached hydrogens (primary N) is 1. The normalized spacial score (nSPS) is 17.4. The van der Waals surface area contributed by atoms with Gasteiger partial charge < -0.3 is 15.8 Å². The van der Waals surface area contributed by atoms with Crippen molar-refractivity contribution in [2.45, 2.75) is 31.2 Å². The molecule has 0 saturated heterocycles. The van der Waals surface area contributed by atoms with Crippen LogP contribution in [0.25, 0.3) is 0 Å². The van der Waals surface area contributed by atoms with Gasteiger partial charge in [0.05, 0.1) is 12.5 Å². The zero-order valence-corrected chi connectivity index (χ0v) is 11.1. The van der Waals surface area contributed by atoms with Crippen LogP contribution in [-0.4, -0.2) is 25.0 Å². The SMILES string of the molecule is COC(=O)C(C)NC(=O)C1(c2ccc(N)cc2)CC1. The molecular formula is C14H18N2O3. The summed E-state index contributed by atoms with van der Waals surface area (Å²) < 4.78 is 4.60. The fourth-order valence-corrected chi connectivity index (χ4v) is 2.14. The largest absolute Gasteiger partial charge is 0.467 e. The van der Waals surface area contributed by atoms with E-state index in [1.165, 1.54) is 7.11 Å². The number of nitrogens with one attached hydrogen (secondary N) is 1. The van der Waals surface area contributed by atoms with E-state index in [0.29, 0.717) is 5.69 Å². The van der Waals surface area contributed by atoms with Gasteiger partial charge in [-0.1, -0.05) is 12.1 Å². The Labute approximate surface area is 112 Å². The molecule has 2 rings (SSSR count). The minimum absolute atomic E-state index is 0.129. The van der Waals surface area contributed by atoms with E-state index in [1.807, 2.05) is 12.1 Å². The van der Waals surface area contributed by atoms with Gasteiger partial charge in [-0.3, -0.25) is 4.79 Å². The maximum absolute atomic E-state index is 12.3. The summed E-state index contributed by atoms with van der Waals surface area (Å²) >= 11 is 0. The van der Waals surface area contributed by atoms with Gasteiger partial charge in [-0.05, 0) is 37.5 Å². The number of amides is 1. The average molecular weight is 262 g/mol. The molecule has 1 amide bonds. The van der Waals surface area contributed by atoms with Crippen LogP contribution in [0.1, 0.15) is 25.3 Å². The van der Waals surface area contributed by atoms with Crippen LogP contribution in [0, 0.1) is 0 Å². The van der Waals surface area contributed by atoms with Gasteiger partial charge in [0.25, 0.3) is 0 Å². The molecule has 1 unspecified atom stereocenters. The fourth-order valence-electron chi connectivity index (χ4n) is 2.14. The maximum atomic E-state index is 12.3. The second kappa shape index (κ2) is 4.91. The molecule has 0 spiro atoms. The van der Waals surface area contributed by atoms with Crippen molar-refractivity contribution in [1.82, 2.24) is 5.32 Å². The number of benzene rings is 1. The Bertz CT molecular complexity index is 492. The molecule has 0 radical (unpaired) electrons. The summed E-state index contributed by atoms with van der Waals surface area (Å²) in [6, 6.07) is 6.66. The first-order valence-corrected chi connectivity index (χ1v) is 6.24. The highest BCUT2D eigenvalue weighted by molar-refractivity contribution is 5.94. The van der Waals surface area contributed by atoms with Crippen LogP contribution in [0.5, 0.6) is 0 Å². The fraction of sp³-hybridized carbons (Fsp3) is 0.429. The molecule has 102 valence electrons. The van der Waals surface area contributed by atoms with Gasteiger partial charge in [-0.2, -0.15) is 0 Å². The van der Waals surface area contributed by atoms with Gasteiger partial charge in [0, 0.05) is 5.69 Å². The second-order valence-corrected chi connectivity index (χ2v) is 4.92. The topological polar surface area (TPSA) is 81.4 Å². The van der Waals surface area contributed by atoms with Crippen LogP contribution >= 0.6 is 0 Å². The lowest BCUT2D eigenvalue weighted by Gasteiger charge is -2.18. The number of carbonyl (C=O) groups excluding carboxylic acids is 2. The second-order valence-electron chi connectivity index (χ2n) is 4.92. The first-order valence-electron chi connectivity index (χ1n) is 6.24. The molecule has 0 bridgehead atoms. The van der Waals surface area contributed by atoms with E-state index in [2.05, 4.69) is 10.1 Å². The Balaban J connectivity index is 2.10. The molecule has 1 saturated carbocycles. The molecule has 1 atom stereocenters. The molecule has 5 heteroatoms. The smallest absolute Gasteiger partial charge is 0.328 e. The summed E-state index contributed by atoms with van der Waals surface area (Å²) in [5.41, 5.74) is 6.75. The summed E-state index contributed by atoms with van der Waals surface area (Å²) in [7, 11) is 1.30. The number of carbonyl (C=O) groups is 2. The van der Waals surface area contributed by atoms with Gasteiger partial charge in [0.1, 0.15) is 6.04 Å². The van der Waals surface area contributed by atoms with E-state index in [9.17, 15) is 9.59 Å². The van der Waals surface area contributed by atoms with Crippen molar-refractivity contribution in [3.05, 3.63) is 29.8 Å². The van der Waals surface area contributed by atoms with Crippen molar-refractivity contribution < 1.29 is 14.3 Å². The predicted molar refractivity (Wildman–Crippen MR) is 71.4 cm³/mol. The Morgan fingerprint density at radius 2 is 1.89 bits per heavy atom. The highest BCUT2D eigenvalue weighted by atomic mass is 16.5. The van der Waals surface area contributed by atoms with Crippen molar-refractivity contribution in [2.24, 2.45) is 0 Å². The molecule has 19 heavy (non-hydrogen) atoms. The lowest BCUT2D eigenvalue weighted by Crippen LogP contribution is -2.44. The van der Waals surface area contributed by atoms with Gasteiger partial charge in [0.15, 0.2) is 0 Å². The lowest BCUT2D eigenvalue weighted by molar-refractivity contribution is -0.144. The number of ether oxygens (including phenoxy) is 1. The van der Waals surface area contributed by atoms with Crippen LogP contribution in [-0.2, 0) is 19.7 Å². The molecule has 0 aromatic heterocycles. The minimum Gasteiger partial charge on any atom is -0.467 e. The van der Waals surface area contributed by atoms with E-state index in [1.54, 1.807) is 19.1 Å². The molecule has 5 nitrogen and oxygen atoms in total. The van der Waals surface area contributed by atoms with Crippen LogP contribution in [0.2, 0.25) is 0 Å². The van der Waals surface area contributed by atoms with Crippen molar-refractivity contribution in [3.63, 3.8) is 0 Å². The van der Waals surface area contributed by atoms with Gasteiger partial charge >= 0.3 is 5.97 Å². The Hall–Kier alpha value is -2.04. The molecule has 1 aliphatic carbocycles. The zero-order chi connectivity index (χ0) is 14.0. The van der Waals surface area contributed by atoms with E-state index >= 15 is 0 Å². The summed E-state index contributed by atoms with van der Waals surface area (Å²) in [6.07, 6.45) is 1.58. The summed E-state index contributed by atoms with van der Waals surface area (Å²) in [4.78, 5) is 23.6. The number of anilines is 1. The van der Waals surface area contributed by atoms with Crippen LogP contribution in [0.3, 0.4) is 0 Å². The summed E-state index contributed by atoms with van der Waals surface area (Å²) in [6.45, 7) is 1.61. The highest BCUT2D eigenvalue weighted by Gasteiger charge is 2.51. The number of methoxy groups -OCH3 is 1. The quantitative estimate of drug-likeness (QED) is 0.626. The number of nitrogen functional groups attached to an aromatic ring is 1. The third-order valence-electron chi connectivity index (χ3n) is 3.55. The molecule has 3 N–H and O–H groups in total. The van der Waals surface area contributed by atoms with E-state index < -0.39 is 17.4 Å². The van der Waals surface area contributed by atoms with E-state index in [0.717, 1.165) is 18.4 Å². The molecule has 1 aromatic rings. The molecule has 0 heterocycles. The minimum atomic E-state index is -0.635. The monoisotopic (exact) mass is 262 g/mol. The third-order valence-corrected chi connectivity index (χ3v) is 3.55. The van der Waals surface area contributed by atoms with Crippen LogP contribution in [0.15, 0.2) is 24.3 Å². The van der Waals surface area contributed by atoms with Crippen LogP contribution < -0.4 is 11.1 Å². The molecular weight excluding hydrogens is 244 g/mol. The maximum Gasteiger partial charge on any atom is 0.328 e.